The van der Waals surface area contributed by atoms with Gasteiger partial charge >= 0.3 is 0 Å². The number of hydrogen-bond acceptors (Lipinski definition) is 6. The van der Waals surface area contributed by atoms with Crippen molar-refractivity contribution in [2.45, 2.75) is 19.0 Å². The molecule has 0 saturated carbocycles. The molecule has 0 radical (unpaired) electrons. The van der Waals surface area contributed by atoms with Gasteiger partial charge in [-0.05, 0) is 79.3 Å². The highest BCUT2D eigenvalue weighted by atomic mass is 32.1. The van der Waals surface area contributed by atoms with Gasteiger partial charge in [0.1, 0.15) is 29.1 Å². The van der Waals surface area contributed by atoms with E-state index in [0.29, 0.717) is 27.9 Å². The van der Waals surface area contributed by atoms with Gasteiger partial charge in [0, 0.05) is 29.6 Å². The second kappa shape index (κ2) is 10.6. The lowest BCUT2D eigenvalue weighted by atomic mass is 10.0. The number of non-ortho nitro benzene ring substituents is 1. The molecule has 9 heteroatoms. The SMILES string of the molecule is Cc1ccccc1Oc1ccc(N2C(=S)N[C@@H](c3ccccn3)[C@@H]2c2ccc(-c3cccc([N+](=O)[O-])c3)o2)cc1. The lowest BCUT2D eigenvalue weighted by molar-refractivity contribution is -0.384. The summed E-state index contributed by atoms with van der Waals surface area (Å²) in [5.41, 5.74) is 3.33. The number of pyridine rings is 1. The van der Waals surface area contributed by atoms with Crippen molar-refractivity contribution in [1.82, 2.24) is 10.3 Å². The van der Waals surface area contributed by atoms with Crippen LogP contribution in [0.25, 0.3) is 11.3 Å². The second-order valence-corrected chi connectivity index (χ2v) is 9.75. The van der Waals surface area contributed by atoms with E-state index in [-0.39, 0.29) is 17.8 Å². The second-order valence-electron chi connectivity index (χ2n) is 9.37. The number of benzene rings is 3. The highest BCUT2D eigenvalue weighted by molar-refractivity contribution is 7.80. The highest BCUT2D eigenvalue weighted by Gasteiger charge is 2.42. The smallest absolute Gasteiger partial charge is 0.270 e. The molecule has 5 aromatic rings. The Balaban J connectivity index is 1.36. The summed E-state index contributed by atoms with van der Waals surface area (Å²) in [5, 5.41) is 15.3. The Bertz CT molecular complexity index is 1690. The zero-order valence-corrected chi connectivity index (χ0v) is 22.2. The Morgan fingerprint density at radius 3 is 2.52 bits per heavy atom. The first kappa shape index (κ1) is 25.3. The Kier molecular flexibility index (Phi) is 6.71. The van der Waals surface area contributed by atoms with Crippen LogP contribution in [-0.2, 0) is 0 Å². The van der Waals surface area contributed by atoms with Crippen LogP contribution in [0, 0.1) is 17.0 Å². The minimum Gasteiger partial charge on any atom is -0.459 e. The van der Waals surface area contributed by atoms with Crippen LogP contribution in [0.3, 0.4) is 0 Å². The standard InChI is InChI=1S/C31H24N4O4S/c1-20-7-2-3-11-26(20)38-24-14-12-22(13-15-24)34-30(29(33-31(34)40)25-10-4-5-18-32-25)28-17-16-27(39-28)21-8-6-9-23(19-21)35(36)37/h2-19,29-30H,1H3,(H,33,40)/t29-,30-/m0/s1. The molecule has 1 fully saturated rings. The average molecular weight is 549 g/mol. The van der Waals surface area contributed by atoms with Crippen molar-refractivity contribution in [3.8, 4) is 22.8 Å². The van der Waals surface area contributed by atoms with Crippen molar-refractivity contribution < 1.29 is 14.1 Å². The van der Waals surface area contributed by atoms with Gasteiger partial charge in [0.15, 0.2) is 5.11 Å². The van der Waals surface area contributed by atoms with Crippen molar-refractivity contribution in [2.24, 2.45) is 0 Å². The van der Waals surface area contributed by atoms with Crippen molar-refractivity contribution in [2.75, 3.05) is 4.90 Å². The molecule has 3 heterocycles. The summed E-state index contributed by atoms with van der Waals surface area (Å²) in [4.78, 5) is 17.5. The van der Waals surface area contributed by atoms with Crippen LogP contribution in [0.4, 0.5) is 11.4 Å². The molecule has 0 amide bonds. The normalized spacial score (nSPS) is 16.5. The molecule has 198 valence electrons. The quantitative estimate of drug-likeness (QED) is 0.127. The molecule has 0 spiro atoms. The van der Waals surface area contributed by atoms with Crippen molar-refractivity contribution in [1.29, 1.82) is 0 Å². The fourth-order valence-corrected chi connectivity index (χ4v) is 5.18. The fraction of sp³-hybridized carbons (Fsp3) is 0.0968. The van der Waals surface area contributed by atoms with Crippen molar-refractivity contribution in [3.63, 3.8) is 0 Å². The first-order valence-electron chi connectivity index (χ1n) is 12.7. The number of nitro groups is 1. The predicted octanol–water partition coefficient (Wildman–Crippen LogP) is 7.53. The molecule has 2 aromatic heterocycles. The summed E-state index contributed by atoms with van der Waals surface area (Å²) >= 11 is 5.82. The summed E-state index contributed by atoms with van der Waals surface area (Å²) < 4.78 is 12.4. The average Bonchev–Trinajstić information content (AvgIpc) is 3.60. The van der Waals surface area contributed by atoms with Crippen LogP contribution in [0.5, 0.6) is 11.5 Å². The topological polar surface area (TPSA) is 93.7 Å². The maximum absolute atomic E-state index is 11.3. The highest BCUT2D eigenvalue weighted by Crippen LogP contribution is 2.43. The molecule has 0 bridgehead atoms. The van der Waals surface area contributed by atoms with E-state index in [1.807, 2.05) is 90.7 Å². The number of rotatable bonds is 7. The van der Waals surface area contributed by atoms with Crippen LogP contribution in [-0.4, -0.2) is 15.0 Å². The lowest BCUT2D eigenvalue weighted by Gasteiger charge is -2.26. The van der Waals surface area contributed by atoms with Gasteiger partial charge in [-0.1, -0.05) is 36.4 Å². The van der Waals surface area contributed by atoms with E-state index in [0.717, 1.165) is 22.7 Å². The molecular weight excluding hydrogens is 524 g/mol. The molecule has 8 nitrogen and oxygen atoms in total. The van der Waals surface area contributed by atoms with Gasteiger partial charge in [-0.3, -0.25) is 15.1 Å². The van der Waals surface area contributed by atoms with E-state index >= 15 is 0 Å². The van der Waals surface area contributed by atoms with E-state index in [1.165, 1.54) is 12.1 Å². The molecule has 1 saturated heterocycles. The molecule has 1 aliphatic heterocycles. The number of nitrogens with one attached hydrogen (secondary N) is 1. The number of nitrogens with zero attached hydrogens (tertiary/aromatic N) is 3. The van der Waals surface area contributed by atoms with E-state index in [2.05, 4.69) is 10.3 Å². The number of ether oxygens (including phenoxy) is 1. The van der Waals surface area contributed by atoms with Crippen LogP contribution >= 0.6 is 12.2 Å². The maximum Gasteiger partial charge on any atom is 0.270 e. The monoisotopic (exact) mass is 548 g/mol. The number of nitro benzene ring substituents is 1. The van der Waals surface area contributed by atoms with Gasteiger partial charge in [-0.2, -0.15) is 0 Å². The molecule has 40 heavy (non-hydrogen) atoms. The largest absolute Gasteiger partial charge is 0.459 e. The molecule has 3 aromatic carbocycles. The number of anilines is 1. The number of thiocarbonyl (C=S) groups is 1. The van der Waals surface area contributed by atoms with Gasteiger partial charge in [0.25, 0.3) is 5.69 Å². The van der Waals surface area contributed by atoms with E-state index in [9.17, 15) is 10.1 Å². The fourth-order valence-electron chi connectivity index (χ4n) is 4.83. The minimum atomic E-state index is -0.419. The van der Waals surface area contributed by atoms with Crippen LogP contribution < -0.4 is 15.0 Å². The first-order valence-corrected chi connectivity index (χ1v) is 13.1. The van der Waals surface area contributed by atoms with Crippen molar-refractivity contribution in [3.05, 3.63) is 136 Å². The molecular formula is C31H24N4O4S. The van der Waals surface area contributed by atoms with E-state index < -0.39 is 4.92 Å². The zero-order chi connectivity index (χ0) is 27.6. The van der Waals surface area contributed by atoms with E-state index in [1.54, 1.807) is 18.3 Å². The Morgan fingerprint density at radius 1 is 0.975 bits per heavy atom. The molecule has 0 aliphatic carbocycles. The third-order valence-electron chi connectivity index (χ3n) is 6.79. The third-order valence-corrected chi connectivity index (χ3v) is 7.11. The van der Waals surface area contributed by atoms with Gasteiger partial charge in [0.2, 0.25) is 0 Å². The van der Waals surface area contributed by atoms with Crippen LogP contribution in [0.2, 0.25) is 0 Å². The van der Waals surface area contributed by atoms with Gasteiger partial charge < -0.3 is 19.4 Å². The molecule has 0 unspecified atom stereocenters. The Labute approximate surface area is 236 Å². The number of aryl methyl sites for hydroxylation is 1. The summed E-state index contributed by atoms with van der Waals surface area (Å²) in [6.45, 7) is 2.01. The summed E-state index contributed by atoms with van der Waals surface area (Å²) in [6, 6.07) is 30.8. The molecule has 1 aliphatic rings. The molecule has 1 N–H and O–H groups in total. The number of hydrogen-bond donors (Lipinski definition) is 1. The lowest BCUT2D eigenvalue weighted by Crippen LogP contribution is -2.29. The van der Waals surface area contributed by atoms with Gasteiger partial charge in [-0.15, -0.1) is 0 Å². The number of furan rings is 1. The summed E-state index contributed by atoms with van der Waals surface area (Å²) in [5.74, 6) is 2.67. The Hall–Kier alpha value is -5.02. The van der Waals surface area contributed by atoms with Gasteiger partial charge in [0.05, 0.1) is 16.7 Å². The summed E-state index contributed by atoms with van der Waals surface area (Å²) in [7, 11) is 0. The molecule has 2 atom stereocenters. The van der Waals surface area contributed by atoms with E-state index in [4.69, 9.17) is 21.4 Å². The Morgan fingerprint density at radius 2 is 1.77 bits per heavy atom. The minimum absolute atomic E-state index is 0.000143. The maximum atomic E-state index is 11.3. The number of aromatic nitrogens is 1. The zero-order valence-electron chi connectivity index (χ0n) is 21.4. The third kappa shape index (κ3) is 4.90. The van der Waals surface area contributed by atoms with Crippen LogP contribution in [0.15, 0.2) is 114 Å². The predicted molar refractivity (Wildman–Crippen MR) is 156 cm³/mol. The summed E-state index contributed by atoms with van der Waals surface area (Å²) in [6.07, 6.45) is 1.74. The van der Waals surface area contributed by atoms with Crippen molar-refractivity contribution >= 4 is 28.7 Å². The number of para-hydroxylation sites is 1. The molecule has 6 rings (SSSR count). The van der Waals surface area contributed by atoms with Crippen LogP contribution in [0.1, 0.15) is 29.1 Å². The first-order chi connectivity index (χ1) is 19.5. The van der Waals surface area contributed by atoms with Gasteiger partial charge in [-0.25, -0.2) is 0 Å².